The molecule has 0 N–H and O–H groups in total. The summed E-state index contributed by atoms with van der Waals surface area (Å²) >= 11 is 0. The molecule has 5 aromatic carbocycles. The molecule has 228 valence electrons. The van der Waals surface area contributed by atoms with Crippen molar-refractivity contribution in [1.82, 2.24) is 15.0 Å². The second-order valence-corrected chi connectivity index (χ2v) is 12.8. The Balaban J connectivity index is 1.33. The molecule has 0 bridgehead atoms. The van der Waals surface area contributed by atoms with Crippen LogP contribution < -0.4 is 0 Å². The molecule has 0 fully saturated rings. The van der Waals surface area contributed by atoms with Crippen LogP contribution in [-0.2, 0) is 0 Å². The van der Waals surface area contributed by atoms with E-state index < -0.39 is 0 Å². The number of hydrogen-bond acceptors (Lipinski definition) is 3. The number of pyridine rings is 3. The SMILES string of the molecule is Cc1c2c(-c3ccccc3)nc3cc(C4C=CC(c5ccncc5)=CC4)ccc3c2c(C)c2c(-c3ccccc3)nc3ccccc3c12. The van der Waals surface area contributed by atoms with E-state index in [1.165, 1.54) is 60.1 Å². The lowest BCUT2D eigenvalue weighted by Crippen LogP contribution is -2.01. The normalized spacial score (nSPS) is 14.6. The Morgan fingerprint density at radius 2 is 1.12 bits per heavy atom. The molecule has 3 aromatic heterocycles. The molecule has 0 aliphatic heterocycles. The van der Waals surface area contributed by atoms with Gasteiger partial charge in [-0.1, -0.05) is 109 Å². The average Bonchev–Trinajstić information content (AvgIpc) is 3.16. The maximum absolute atomic E-state index is 5.50. The lowest BCUT2D eigenvalue weighted by molar-refractivity contribution is 0.858. The van der Waals surface area contributed by atoms with Crippen molar-refractivity contribution in [3.63, 3.8) is 0 Å². The average molecular weight is 616 g/mol. The van der Waals surface area contributed by atoms with Crippen LogP contribution in [0.2, 0.25) is 0 Å². The minimum absolute atomic E-state index is 0.289. The largest absolute Gasteiger partial charge is 0.265 e. The quantitative estimate of drug-likeness (QED) is 0.146. The minimum atomic E-state index is 0.289. The highest BCUT2D eigenvalue weighted by molar-refractivity contribution is 6.25. The van der Waals surface area contributed by atoms with E-state index >= 15 is 0 Å². The number of aryl methyl sites for hydroxylation is 2. The molecule has 3 heterocycles. The van der Waals surface area contributed by atoms with Crippen molar-refractivity contribution in [2.24, 2.45) is 0 Å². The Bertz CT molecular complexity index is 2590. The Kier molecular flexibility index (Phi) is 6.72. The zero-order chi connectivity index (χ0) is 32.2. The summed E-state index contributed by atoms with van der Waals surface area (Å²) in [6, 6.07) is 40.9. The van der Waals surface area contributed by atoms with E-state index in [2.05, 4.69) is 152 Å². The highest BCUT2D eigenvalue weighted by Gasteiger charge is 2.23. The van der Waals surface area contributed by atoms with Gasteiger partial charge in [-0.3, -0.25) is 4.98 Å². The summed E-state index contributed by atoms with van der Waals surface area (Å²) in [7, 11) is 0. The fourth-order valence-corrected chi connectivity index (χ4v) is 7.72. The van der Waals surface area contributed by atoms with E-state index in [-0.39, 0.29) is 5.92 Å². The van der Waals surface area contributed by atoms with Crippen molar-refractivity contribution in [1.29, 1.82) is 0 Å². The van der Waals surface area contributed by atoms with Crippen molar-refractivity contribution in [3.8, 4) is 22.5 Å². The lowest BCUT2D eigenvalue weighted by Gasteiger charge is -2.22. The van der Waals surface area contributed by atoms with Gasteiger partial charge in [0.2, 0.25) is 0 Å². The highest BCUT2D eigenvalue weighted by Crippen LogP contribution is 2.45. The number of allylic oxidation sites excluding steroid dienone is 4. The lowest BCUT2D eigenvalue weighted by atomic mass is 9.84. The van der Waals surface area contributed by atoms with Gasteiger partial charge in [0.05, 0.1) is 22.4 Å². The summed E-state index contributed by atoms with van der Waals surface area (Å²) in [6.45, 7) is 4.56. The fraction of sp³-hybridized carbons (Fsp3) is 0.0889. The number of benzene rings is 5. The third kappa shape index (κ3) is 4.54. The maximum Gasteiger partial charge on any atom is 0.0791 e. The number of hydrogen-bond donors (Lipinski definition) is 0. The predicted octanol–water partition coefficient (Wildman–Crippen LogP) is 11.6. The third-order valence-corrected chi connectivity index (χ3v) is 10.0. The summed E-state index contributed by atoms with van der Waals surface area (Å²) in [4.78, 5) is 15.0. The standard InChI is InChI=1S/C45H33N3/c1-28-40-36-15-9-10-16-38(36)47-44(33-11-5-3-6-12-33)42(40)29(2)41-37-22-21-35(31-19-17-30(18-20-31)32-23-25-46-26-24-32)27-39(37)48-45(43(28)41)34-13-7-4-8-14-34/h3-19,21-27,31H,20H2,1-2H3. The zero-order valence-corrected chi connectivity index (χ0v) is 27.0. The van der Waals surface area contributed by atoms with Gasteiger partial charge in [-0.2, -0.15) is 0 Å². The smallest absolute Gasteiger partial charge is 0.0791 e. The first-order chi connectivity index (χ1) is 23.7. The predicted molar refractivity (Wildman–Crippen MR) is 201 cm³/mol. The maximum atomic E-state index is 5.50. The van der Waals surface area contributed by atoms with Gasteiger partial charge in [-0.05, 0) is 83.1 Å². The van der Waals surface area contributed by atoms with E-state index in [1.807, 2.05) is 12.4 Å². The van der Waals surface area contributed by atoms with Crippen molar-refractivity contribution in [3.05, 3.63) is 168 Å². The second kappa shape index (κ2) is 11.4. The van der Waals surface area contributed by atoms with E-state index in [1.54, 1.807) is 0 Å². The number of nitrogens with zero attached hydrogens (tertiary/aromatic N) is 3. The second-order valence-electron chi connectivity index (χ2n) is 12.8. The van der Waals surface area contributed by atoms with E-state index in [0.717, 1.165) is 40.0 Å². The van der Waals surface area contributed by atoms with Gasteiger partial charge in [0.1, 0.15) is 0 Å². The van der Waals surface area contributed by atoms with Crippen LogP contribution in [0.1, 0.15) is 34.6 Å². The zero-order valence-electron chi connectivity index (χ0n) is 27.0. The number of aromatic nitrogens is 3. The van der Waals surface area contributed by atoms with E-state index in [9.17, 15) is 0 Å². The topological polar surface area (TPSA) is 38.7 Å². The Morgan fingerprint density at radius 1 is 0.542 bits per heavy atom. The molecule has 0 saturated heterocycles. The summed E-state index contributed by atoms with van der Waals surface area (Å²) in [5.74, 6) is 0.289. The van der Waals surface area contributed by atoms with Crippen LogP contribution in [0.5, 0.6) is 0 Å². The molecule has 8 aromatic rings. The van der Waals surface area contributed by atoms with Crippen LogP contribution in [0.3, 0.4) is 0 Å². The molecule has 0 radical (unpaired) electrons. The van der Waals surface area contributed by atoms with Gasteiger partial charge in [0, 0.05) is 51.0 Å². The van der Waals surface area contributed by atoms with Gasteiger partial charge in [-0.15, -0.1) is 0 Å². The van der Waals surface area contributed by atoms with Crippen LogP contribution in [0.25, 0.3) is 71.4 Å². The molecule has 9 rings (SSSR count). The minimum Gasteiger partial charge on any atom is -0.265 e. The van der Waals surface area contributed by atoms with Crippen LogP contribution in [0, 0.1) is 13.8 Å². The summed E-state index contributed by atoms with van der Waals surface area (Å²) in [5.41, 5.74) is 12.5. The summed E-state index contributed by atoms with van der Waals surface area (Å²) in [5, 5.41) is 7.28. The van der Waals surface area contributed by atoms with Gasteiger partial charge in [0.25, 0.3) is 0 Å². The molecular formula is C45H33N3. The number of rotatable bonds is 4. The molecular weight excluding hydrogens is 583 g/mol. The van der Waals surface area contributed by atoms with Gasteiger partial charge in [-0.25, -0.2) is 9.97 Å². The molecule has 48 heavy (non-hydrogen) atoms. The van der Waals surface area contributed by atoms with Crippen molar-refractivity contribution < 1.29 is 0 Å². The molecule has 1 aliphatic carbocycles. The Morgan fingerprint density at radius 3 is 1.75 bits per heavy atom. The monoisotopic (exact) mass is 615 g/mol. The fourth-order valence-electron chi connectivity index (χ4n) is 7.72. The first kappa shape index (κ1) is 28.3. The Labute approximate surface area is 280 Å². The van der Waals surface area contributed by atoms with Gasteiger partial charge < -0.3 is 0 Å². The molecule has 0 amide bonds. The van der Waals surface area contributed by atoms with Gasteiger partial charge in [0.15, 0.2) is 0 Å². The first-order valence-corrected chi connectivity index (χ1v) is 16.6. The third-order valence-electron chi connectivity index (χ3n) is 10.0. The summed E-state index contributed by atoms with van der Waals surface area (Å²) < 4.78 is 0. The molecule has 1 aliphatic rings. The highest BCUT2D eigenvalue weighted by atomic mass is 14.7. The molecule has 3 nitrogen and oxygen atoms in total. The van der Waals surface area contributed by atoms with E-state index in [4.69, 9.17) is 9.97 Å². The van der Waals surface area contributed by atoms with Crippen LogP contribution in [-0.4, -0.2) is 15.0 Å². The van der Waals surface area contributed by atoms with Crippen LogP contribution >= 0.6 is 0 Å². The Hall–Kier alpha value is -5.93. The van der Waals surface area contributed by atoms with Crippen LogP contribution in [0.15, 0.2) is 146 Å². The van der Waals surface area contributed by atoms with Crippen LogP contribution in [0.4, 0.5) is 0 Å². The van der Waals surface area contributed by atoms with Gasteiger partial charge >= 0.3 is 0 Å². The number of para-hydroxylation sites is 1. The first-order valence-electron chi connectivity index (χ1n) is 16.6. The van der Waals surface area contributed by atoms with Crippen molar-refractivity contribution in [2.75, 3.05) is 0 Å². The molecule has 1 atom stereocenters. The van der Waals surface area contributed by atoms with E-state index in [0.29, 0.717) is 0 Å². The summed E-state index contributed by atoms with van der Waals surface area (Å²) in [6.07, 6.45) is 11.6. The molecule has 3 heteroatoms. The molecule has 0 spiro atoms. The molecule has 1 unspecified atom stereocenters. The van der Waals surface area contributed by atoms with Crippen molar-refractivity contribution >= 4 is 48.9 Å². The van der Waals surface area contributed by atoms with Crippen molar-refractivity contribution in [2.45, 2.75) is 26.2 Å². The number of fused-ring (bicyclic) bond motifs is 6. The molecule has 0 saturated carbocycles.